The van der Waals surface area contributed by atoms with E-state index < -0.39 is 0 Å². The van der Waals surface area contributed by atoms with Gasteiger partial charge in [0.05, 0.1) is 7.11 Å². The van der Waals surface area contributed by atoms with Gasteiger partial charge in [-0.3, -0.25) is 10.1 Å². The van der Waals surface area contributed by atoms with Crippen LogP contribution in [0, 0.1) is 0 Å². The van der Waals surface area contributed by atoms with Gasteiger partial charge in [-0.15, -0.1) is 0 Å². The third-order valence-corrected chi connectivity index (χ3v) is 2.51. The first-order chi connectivity index (χ1) is 6.29. The van der Waals surface area contributed by atoms with Crippen LogP contribution < -0.4 is 5.32 Å². The molecule has 2 atom stereocenters. The largest absolute Gasteiger partial charge is 0.468 e. The molecular weight excluding hydrogens is 166 g/mol. The SMILES string of the molecule is CCCCCC[C@@H]1N[C@H]1C(=O)OC. The van der Waals surface area contributed by atoms with Gasteiger partial charge in [0, 0.05) is 6.04 Å². The molecule has 1 heterocycles. The van der Waals surface area contributed by atoms with E-state index in [9.17, 15) is 4.79 Å². The highest BCUT2D eigenvalue weighted by molar-refractivity contribution is 5.80. The normalized spacial score (nSPS) is 25.7. The van der Waals surface area contributed by atoms with E-state index in [1.807, 2.05) is 0 Å². The quantitative estimate of drug-likeness (QED) is 0.387. The molecule has 1 aliphatic rings. The topological polar surface area (TPSA) is 48.2 Å². The number of methoxy groups -OCH3 is 1. The molecule has 0 bridgehead atoms. The predicted octanol–water partition coefficient (Wildman–Crippen LogP) is 1.47. The van der Waals surface area contributed by atoms with Gasteiger partial charge in [0.1, 0.15) is 6.04 Å². The van der Waals surface area contributed by atoms with Gasteiger partial charge >= 0.3 is 5.97 Å². The molecule has 0 spiro atoms. The molecule has 1 fully saturated rings. The van der Waals surface area contributed by atoms with Crippen LogP contribution in [0.2, 0.25) is 0 Å². The molecule has 0 aromatic rings. The lowest BCUT2D eigenvalue weighted by atomic mass is 10.1. The zero-order chi connectivity index (χ0) is 9.68. The van der Waals surface area contributed by atoms with Crippen molar-refractivity contribution in [2.75, 3.05) is 7.11 Å². The summed E-state index contributed by atoms with van der Waals surface area (Å²) in [6.07, 6.45) is 6.18. The molecule has 1 aliphatic heterocycles. The second-order valence-corrected chi connectivity index (χ2v) is 3.62. The zero-order valence-electron chi connectivity index (χ0n) is 8.51. The van der Waals surface area contributed by atoms with Crippen molar-refractivity contribution in [2.24, 2.45) is 0 Å². The van der Waals surface area contributed by atoms with E-state index in [0.717, 1.165) is 6.42 Å². The van der Waals surface area contributed by atoms with Crippen molar-refractivity contribution in [1.82, 2.24) is 5.32 Å². The van der Waals surface area contributed by atoms with Crippen molar-refractivity contribution >= 4 is 5.97 Å². The second-order valence-electron chi connectivity index (χ2n) is 3.62. The van der Waals surface area contributed by atoms with Crippen molar-refractivity contribution in [3.05, 3.63) is 0 Å². The molecule has 3 heteroatoms. The van der Waals surface area contributed by atoms with Crippen LogP contribution in [0.15, 0.2) is 0 Å². The standard InChI is InChI=1S/C10H19NO2/c1-3-4-5-6-7-8-9(11-8)10(12)13-2/h8-9,11H,3-7H2,1-2H3/t8-,9+/m0/s1. The summed E-state index contributed by atoms with van der Waals surface area (Å²) in [4.78, 5) is 11.0. The molecule has 13 heavy (non-hydrogen) atoms. The van der Waals surface area contributed by atoms with Crippen LogP contribution >= 0.6 is 0 Å². The van der Waals surface area contributed by atoms with E-state index >= 15 is 0 Å². The van der Waals surface area contributed by atoms with E-state index in [2.05, 4.69) is 17.0 Å². The zero-order valence-corrected chi connectivity index (χ0v) is 8.51. The Labute approximate surface area is 79.8 Å². The van der Waals surface area contributed by atoms with Gasteiger partial charge in [0.2, 0.25) is 0 Å². The fourth-order valence-corrected chi connectivity index (χ4v) is 1.58. The van der Waals surface area contributed by atoms with Crippen LogP contribution in [-0.2, 0) is 9.53 Å². The average Bonchev–Trinajstić information content (AvgIpc) is 2.91. The minimum absolute atomic E-state index is 0.00775. The van der Waals surface area contributed by atoms with Gasteiger partial charge in [0.15, 0.2) is 0 Å². The molecule has 76 valence electrons. The van der Waals surface area contributed by atoms with E-state index in [4.69, 9.17) is 0 Å². The maximum Gasteiger partial charge on any atom is 0.324 e. The highest BCUT2D eigenvalue weighted by Gasteiger charge is 2.42. The maximum atomic E-state index is 11.0. The number of unbranched alkanes of at least 4 members (excludes halogenated alkanes) is 3. The van der Waals surface area contributed by atoms with Crippen LogP contribution in [0.4, 0.5) is 0 Å². The van der Waals surface area contributed by atoms with Crippen molar-refractivity contribution in [1.29, 1.82) is 0 Å². The molecular formula is C10H19NO2. The number of ether oxygens (including phenoxy) is 1. The van der Waals surface area contributed by atoms with Crippen LogP contribution in [0.3, 0.4) is 0 Å². The Kier molecular flexibility index (Phi) is 4.22. The fourth-order valence-electron chi connectivity index (χ4n) is 1.58. The number of rotatable bonds is 6. The molecule has 1 rings (SSSR count). The predicted molar refractivity (Wildman–Crippen MR) is 51.5 cm³/mol. The van der Waals surface area contributed by atoms with E-state index in [1.54, 1.807) is 0 Å². The Morgan fingerprint density at radius 1 is 1.38 bits per heavy atom. The van der Waals surface area contributed by atoms with Gasteiger partial charge < -0.3 is 4.74 Å². The first kappa shape index (κ1) is 10.5. The Hall–Kier alpha value is -0.570. The van der Waals surface area contributed by atoms with E-state index in [-0.39, 0.29) is 12.0 Å². The first-order valence-corrected chi connectivity index (χ1v) is 5.13. The fraction of sp³-hybridized carbons (Fsp3) is 0.900. The number of hydrogen-bond donors (Lipinski definition) is 1. The first-order valence-electron chi connectivity index (χ1n) is 5.13. The third-order valence-electron chi connectivity index (χ3n) is 2.51. The van der Waals surface area contributed by atoms with Gasteiger partial charge in [-0.2, -0.15) is 0 Å². The Morgan fingerprint density at radius 2 is 2.15 bits per heavy atom. The lowest BCUT2D eigenvalue weighted by Crippen LogP contribution is -2.12. The summed E-state index contributed by atoms with van der Waals surface area (Å²) in [6.45, 7) is 2.20. The van der Waals surface area contributed by atoms with Crippen LogP contribution in [-0.4, -0.2) is 25.2 Å². The summed E-state index contributed by atoms with van der Waals surface area (Å²) < 4.78 is 4.63. The minimum Gasteiger partial charge on any atom is -0.468 e. The maximum absolute atomic E-state index is 11.0. The molecule has 0 unspecified atom stereocenters. The van der Waals surface area contributed by atoms with Gasteiger partial charge in [0.25, 0.3) is 0 Å². The molecule has 0 aliphatic carbocycles. The number of esters is 1. The lowest BCUT2D eigenvalue weighted by molar-refractivity contribution is -0.140. The Bertz CT molecular complexity index is 170. The van der Waals surface area contributed by atoms with Crippen molar-refractivity contribution in [2.45, 2.75) is 51.1 Å². The summed E-state index contributed by atoms with van der Waals surface area (Å²) in [7, 11) is 1.44. The highest BCUT2D eigenvalue weighted by atomic mass is 16.5. The van der Waals surface area contributed by atoms with Crippen LogP contribution in [0.5, 0.6) is 0 Å². The average molecular weight is 185 g/mol. The number of hydrogen-bond acceptors (Lipinski definition) is 3. The highest BCUT2D eigenvalue weighted by Crippen LogP contribution is 2.19. The summed E-state index contributed by atoms with van der Waals surface area (Å²) in [6, 6.07) is 0.385. The van der Waals surface area contributed by atoms with Crippen LogP contribution in [0.25, 0.3) is 0 Å². The molecule has 3 nitrogen and oxygen atoms in total. The van der Waals surface area contributed by atoms with Crippen LogP contribution in [0.1, 0.15) is 39.0 Å². The Morgan fingerprint density at radius 3 is 2.77 bits per heavy atom. The smallest absolute Gasteiger partial charge is 0.324 e. The monoisotopic (exact) mass is 185 g/mol. The van der Waals surface area contributed by atoms with Crippen molar-refractivity contribution < 1.29 is 9.53 Å². The van der Waals surface area contributed by atoms with Crippen molar-refractivity contribution in [3.63, 3.8) is 0 Å². The second kappa shape index (κ2) is 5.22. The molecule has 1 N–H and O–H groups in total. The molecule has 0 saturated carbocycles. The van der Waals surface area contributed by atoms with E-state index in [0.29, 0.717) is 6.04 Å². The van der Waals surface area contributed by atoms with Gasteiger partial charge in [-0.25, -0.2) is 0 Å². The summed E-state index contributed by atoms with van der Waals surface area (Å²) >= 11 is 0. The molecule has 0 aromatic heterocycles. The molecule has 0 radical (unpaired) electrons. The summed E-state index contributed by atoms with van der Waals surface area (Å²) in [5.41, 5.74) is 0. The molecule has 0 amide bonds. The molecule has 1 saturated heterocycles. The third kappa shape index (κ3) is 3.35. The summed E-state index contributed by atoms with van der Waals surface area (Å²) in [5.74, 6) is -0.111. The van der Waals surface area contributed by atoms with Gasteiger partial charge in [-0.1, -0.05) is 32.6 Å². The number of carbonyl (C=O) groups is 1. The van der Waals surface area contributed by atoms with Gasteiger partial charge in [-0.05, 0) is 6.42 Å². The number of carbonyl (C=O) groups excluding carboxylic acids is 1. The molecule has 0 aromatic carbocycles. The minimum atomic E-state index is -0.111. The van der Waals surface area contributed by atoms with E-state index in [1.165, 1.54) is 32.8 Å². The summed E-state index contributed by atoms with van der Waals surface area (Å²) in [5, 5.41) is 3.12. The Balaban J connectivity index is 1.98. The lowest BCUT2D eigenvalue weighted by Gasteiger charge is -1.97. The number of nitrogens with one attached hydrogen (secondary N) is 1. The van der Waals surface area contributed by atoms with Crippen molar-refractivity contribution in [3.8, 4) is 0 Å².